The molecule has 0 saturated carbocycles. The smallest absolute Gasteiger partial charge is 0.270 e. The van der Waals surface area contributed by atoms with Crippen molar-refractivity contribution in [2.45, 2.75) is 0 Å². The summed E-state index contributed by atoms with van der Waals surface area (Å²) in [6, 6.07) is 5.30. The van der Waals surface area contributed by atoms with Gasteiger partial charge in [0.05, 0.1) is 27.2 Å². The topological polar surface area (TPSA) is 46.4 Å². The Balaban J connectivity index is 2.36. The zero-order chi connectivity index (χ0) is 10.4. The lowest BCUT2D eigenvalue weighted by molar-refractivity contribution is -0.856. The zero-order valence-electron chi connectivity index (χ0n) is 8.58. The molecular formula is C10H16N3O+. The fourth-order valence-corrected chi connectivity index (χ4v) is 1.01. The van der Waals surface area contributed by atoms with Crippen molar-refractivity contribution in [2.75, 3.05) is 27.2 Å². The maximum absolute atomic E-state index is 11.4. The molecule has 0 fully saturated rings. The van der Waals surface area contributed by atoms with Crippen molar-refractivity contribution in [3.63, 3.8) is 0 Å². The van der Waals surface area contributed by atoms with Crippen LogP contribution in [0.5, 0.6) is 0 Å². The molecule has 0 saturated heterocycles. The molecule has 1 rings (SSSR count). The third-order valence-corrected chi connectivity index (χ3v) is 1.81. The molecule has 0 aliphatic carbocycles. The number of hydrogen-bond donors (Lipinski definition) is 2. The molecule has 0 spiro atoms. The van der Waals surface area contributed by atoms with E-state index in [4.69, 9.17) is 0 Å². The fourth-order valence-electron chi connectivity index (χ4n) is 1.01. The third kappa shape index (κ3) is 3.53. The Labute approximate surface area is 83.9 Å². The minimum absolute atomic E-state index is 0.105. The lowest BCUT2D eigenvalue weighted by atomic mass is 10.3. The average molecular weight is 194 g/mol. The molecule has 4 nitrogen and oxygen atoms in total. The fraction of sp³-hybridized carbons (Fsp3) is 0.400. The van der Waals surface area contributed by atoms with Gasteiger partial charge in [-0.05, 0) is 12.1 Å². The van der Waals surface area contributed by atoms with Crippen molar-refractivity contribution in [3.8, 4) is 0 Å². The van der Waals surface area contributed by atoms with Crippen molar-refractivity contribution < 1.29 is 9.69 Å². The number of likely N-dealkylation sites (N-methyl/N-ethyl adjacent to an activating group) is 1. The molecule has 1 aromatic rings. The number of carbonyl (C=O) groups excluding carboxylic acids is 1. The van der Waals surface area contributed by atoms with E-state index in [0.717, 1.165) is 6.54 Å². The van der Waals surface area contributed by atoms with E-state index in [-0.39, 0.29) is 5.91 Å². The van der Waals surface area contributed by atoms with Gasteiger partial charge in [-0.1, -0.05) is 6.07 Å². The lowest BCUT2D eigenvalue weighted by Gasteiger charge is -2.07. The first-order valence-corrected chi connectivity index (χ1v) is 4.68. The molecule has 0 aliphatic rings. The Hall–Kier alpha value is -1.42. The first-order valence-electron chi connectivity index (χ1n) is 4.68. The van der Waals surface area contributed by atoms with Gasteiger partial charge in [0.25, 0.3) is 5.91 Å². The molecule has 1 heterocycles. The van der Waals surface area contributed by atoms with Crippen LogP contribution in [0.3, 0.4) is 0 Å². The van der Waals surface area contributed by atoms with Gasteiger partial charge in [0.2, 0.25) is 0 Å². The first-order chi connectivity index (χ1) is 6.70. The van der Waals surface area contributed by atoms with Crippen molar-refractivity contribution in [2.24, 2.45) is 0 Å². The quantitative estimate of drug-likeness (QED) is 0.643. The lowest BCUT2D eigenvalue weighted by Crippen LogP contribution is -3.06. The maximum Gasteiger partial charge on any atom is 0.270 e. The van der Waals surface area contributed by atoms with Crippen LogP contribution in [0.2, 0.25) is 0 Å². The largest absolute Gasteiger partial charge is 0.345 e. The van der Waals surface area contributed by atoms with Gasteiger partial charge in [-0.3, -0.25) is 9.78 Å². The second kappa shape index (κ2) is 5.34. The molecule has 1 aromatic heterocycles. The summed E-state index contributed by atoms with van der Waals surface area (Å²) in [5, 5.41) is 2.81. The number of hydrogen-bond acceptors (Lipinski definition) is 2. The standard InChI is InChI=1S/C10H15N3O/c1-13(2)8-7-12-10(14)9-5-3-4-6-11-9/h3-6H,7-8H2,1-2H3,(H,12,14)/p+1. The summed E-state index contributed by atoms with van der Waals surface area (Å²) in [5.74, 6) is -0.105. The molecule has 0 bridgehead atoms. The van der Waals surface area contributed by atoms with Crippen LogP contribution in [0.4, 0.5) is 0 Å². The highest BCUT2D eigenvalue weighted by Gasteiger charge is 2.05. The van der Waals surface area contributed by atoms with E-state index in [0.29, 0.717) is 12.2 Å². The summed E-state index contributed by atoms with van der Waals surface area (Å²) in [7, 11) is 4.10. The van der Waals surface area contributed by atoms with E-state index < -0.39 is 0 Å². The van der Waals surface area contributed by atoms with E-state index in [1.165, 1.54) is 4.90 Å². The number of nitrogens with zero attached hydrogens (tertiary/aromatic N) is 1. The number of nitrogens with one attached hydrogen (secondary N) is 2. The molecule has 4 heteroatoms. The Bertz CT molecular complexity index is 285. The predicted molar refractivity (Wildman–Crippen MR) is 54.2 cm³/mol. The van der Waals surface area contributed by atoms with E-state index >= 15 is 0 Å². The van der Waals surface area contributed by atoms with E-state index in [1.54, 1.807) is 24.4 Å². The molecule has 0 unspecified atom stereocenters. The second-order valence-electron chi connectivity index (χ2n) is 3.43. The number of aromatic nitrogens is 1. The normalized spacial score (nSPS) is 10.2. The third-order valence-electron chi connectivity index (χ3n) is 1.81. The highest BCUT2D eigenvalue weighted by molar-refractivity contribution is 5.92. The summed E-state index contributed by atoms with van der Waals surface area (Å²) in [6.45, 7) is 1.59. The first kappa shape index (κ1) is 10.7. The highest BCUT2D eigenvalue weighted by atomic mass is 16.1. The van der Waals surface area contributed by atoms with Crippen LogP contribution in [0.15, 0.2) is 24.4 Å². The molecule has 0 aliphatic heterocycles. The van der Waals surface area contributed by atoms with Crippen molar-refractivity contribution >= 4 is 5.91 Å². The van der Waals surface area contributed by atoms with Crippen molar-refractivity contribution in [1.82, 2.24) is 10.3 Å². The van der Waals surface area contributed by atoms with E-state index in [2.05, 4.69) is 10.3 Å². The Morgan fingerprint density at radius 2 is 2.29 bits per heavy atom. The zero-order valence-corrected chi connectivity index (χ0v) is 8.58. The predicted octanol–water partition coefficient (Wildman–Crippen LogP) is -1.04. The molecule has 14 heavy (non-hydrogen) atoms. The molecule has 0 aromatic carbocycles. The van der Waals surface area contributed by atoms with E-state index in [1.807, 2.05) is 14.1 Å². The Morgan fingerprint density at radius 1 is 1.50 bits per heavy atom. The second-order valence-corrected chi connectivity index (χ2v) is 3.43. The van der Waals surface area contributed by atoms with Crippen LogP contribution in [-0.4, -0.2) is 38.1 Å². The van der Waals surface area contributed by atoms with Gasteiger partial charge in [-0.15, -0.1) is 0 Å². The van der Waals surface area contributed by atoms with Crippen LogP contribution < -0.4 is 10.2 Å². The summed E-state index contributed by atoms with van der Waals surface area (Å²) in [6.07, 6.45) is 1.62. The van der Waals surface area contributed by atoms with Gasteiger partial charge in [0.1, 0.15) is 5.69 Å². The number of amides is 1. The van der Waals surface area contributed by atoms with Crippen LogP contribution in [-0.2, 0) is 0 Å². The minimum Gasteiger partial charge on any atom is -0.345 e. The molecule has 2 N–H and O–H groups in total. The van der Waals surface area contributed by atoms with Gasteiger partial charge in [-0.25, -0.2) is 0 Å². The number of pyridine rings is 1. The van der Waals surface area contributed by atoms with Crippen molar-refractivity contribution in [1.29, 1.82) is 0 Å². The van der Waals surface area contributed by atoms with E-state index in [9.17, 15) is 4.79 Å². The van der Waals surface area contributed by atoms with Gasteiger partial charge < -0.3 is 10.2 Å². The molecule has 1 amide bonds. The van der Waals surface area contributed by atoms with Gasteiger partial charge in [0, 0.05) is 6.20 Å². The van der Waals surface area contributed by atoms with Gasteiger partial charge >= 0.3 is 0 Å². The molecule has 0 radical (unpaired) electrons. The van der Waals surface area contributed by atoms with Crippen molar-refractivity contribution in [3.05, 3.63) is 30.1 Å². The van der Waals surface area contributed by atoms with Gasteiger partial charge in [-0.2, -0.15) is 0 Å². The Morgan fingerprint density at radius 3 is 2.86 bits per heavy atom. The van der Waals surface area contributed by atoms with Gasteiger partial charge in [0.15, 0.2) is 0 Å². The highest BCUT2D eigenvalue weighted by Crippen LogP contribution is 1.91. The molecule has 0 atom stereocenters. The van der Waals surface area contributed by atoms with Crippen LogP contribution in [0.25, 0.3) is 0 Å². The van der Waals surface area contributed by atoms with Crippen LogP contribution in [0.1, 0.15) is 10.5 Å². The molecule has 76 valence electrons. The minimum atomic E-state index is -0.105. The summed E-state index contributed by atoms with van der Waals surface area (Å²) < 4.78 is 0. The average Bonchev–Trinajstić information content (AvgIpc) is 2.18. The number of quaternary nitrogens is 1. The molecular weight excluding hydrogens is 178 g/mol. The summed E-state index contributed by atoms with van der Waals surface area (Å²) >= 11 is 0. The van der Waals surface area contributed by atoms with Crippen LogP contribution in [0, 0.1) is 0 Å². The summed E-state index contributed by atoms with van der Waals surface area (Å²) in [5.41, 5.74) is 0.473. The van der Waals surface area contributed by atoms with Crippen LogP contribution >= 0.6 is 0 Å². The summed E-state index contributed by atoms with van der Waals surface area (Å²) in [4.78, 5) is 16.7. The number of rotatable bonds is 4. The SMILES string of the molecule is C[NH+](C)CCNC(=O)c1ccccn1. The number of carbonyl (C=O) groups is 1. The maximum atomic E-state index is 11.4. The monoisotopic (exact) mass is 194 g/mol. The Kier molecular flexibility index (Phi) is 4.07.